The molecule has 0 radical (unpaired) electrons. The van der Waals surface area contributed by atoms with Crippen LogP contribution in [0, 0.1) is 11.3 Å². The minimum atomic E-state index is -3.50. The van der Waals surface area contributed by atoms with Gasteiger partial charge in [0.2, 0.25) is 10.0 Å². The summed E-state index contributed by atoms with van der Waals surface area (Å²) in [4.78, 5) is 11.5. The minimum Gasteiger partial charge on any atom is -0.481 e. The highest BCUT2D eigenvalue weighted by atomic mass is 32.2. The summed E-state index contributed by atoms with van der Waals surface area (Å²) in [6.45, 7) is 5.85. The first kappa shape index (κ1) is 18.4. The predicted molar refractivity (Wildman–Crippen MR) is 80.6 cm³/mol. The highest BCUT2D eigenvalue weighted by molar-refractivity contribution is 7.89. The molecule has 0 amide bonds. The van der Waals surface area contributed by atoms with Gasteiger partial charge in [0, 0.05) is 6.54 Å². The number of nitrogens with one attached hydrogen (secondary N) is 1. The van der Waals surface area contributed by atoms with Crippen molar-refractivity contribution in [3.05, 3.63) is 0 Å². The van der Waals surface area contributed by atoms with Crippen molar-refractivity contribution in [1.29, 1.82) is 0 Å². The van der Waals surface area contributed by atoms with Gasteiger partial charge >= 0.3 is 5.97 Å². The van der Waals surface area contributed by atoms with Crippen LogP contribution in [0.3, 0.4) is 0 Å². The second kappa shape index (κ2) is 7.56. The van der Waals surface area contributed by atoms with Gasteiger partial charge in [-0.15, -0.1) is 0 Å². The summed E-state index contributed by atoms with van der Waals surface area (Å²) in [5, 5.41) is 9.46. The molecule has 0 heterocycles. The SMILES string of the molecule is CC1CCC(CNS(=O)(=O)CCOC(C)C)(C(=O)O)CC1. The summed E-state index contributed by atoms with van der Waals surface area (Å²) in [7, 11) is -3.50. The zero-order chi connectivity index (χ0) is 16.1. The summed E-state index contributed by atoms with van der Waals surface area (Å²) < 4.78 is 31.5. The van der Waals surface area contributed by atoms with E-state index < -0.39 is 21.4 Å². The molecule has 1 aliphatic carbocycles. The second-order valence-corrected chi connectivity index (χ2v) is 8.25. The molecule has 0 aromatic rings. The van der Waals surface area contributed by atoms with Gasteiger partial charge in [-0.3, -0.25) is 4.79 Å². The number of carboxylic acid groups (broad SMARTS) is 1. The van der Waals surface area contributed by atoms with Crippen molar-refractivity contribution < 1.29 is 23.1 Å². The Kier molecular flexibility index (Phi) is 6.62. The molecule has 2 N–H and O–H groups in total. The maximum Gasteiger partial charge on any atom is 0.310 e. The molecule has 0 saturated heterocycles. The van der Waals surface area contributed by atoms with Crippen LogP contribution < -0.4 is 4.72 Å². The molecule has 0 aliphatic heterocycles. The molecule has 1 saturated carbocycles. The van der Waals surface area contributed by atoms with E-state index in [1.165, 1.54) is 0 Å². The van der Waals surface area contributed by atoms with Gasteiger partial charge in [-0.1, -0.05) is 6.92 Å². The number of sulfonamides is 1. The maximum absolute atomic E-state index is 11.9. The number of carboxylic acids is 1. The molecule has 0 atom stereocenters. The molecule has 0 aromatic carbocycles. The molecule has 7 heteroatoms. The smallest absolute Gasteiger partial charge is 0.310 e. The standard InChI is InChI=1S/C14H27NO5S/c1-11(2)20-8-9-21(18,19)15-10-14(13(16)17)6-4-12(3)5-7-14/h11-12,15H,4-10H2,1-3H3,(H,16,17). The number of rotatable bonds is 8. The lowest BCUT2D eigenvalue weighted by Crippen LogP contribution is -2.46. The summed E-state index contributed by atoms with van der Waals surface area (Å²) in [5.41, 5.74) is -0.960. The average Bonchev–Trinajstić information content (AvgIpc) is 2.37. The molecular weight excluding hydrogens is 294 g/mol. The predicted octanol–water partition coefficient (Wildman–Crippen LogP) is 1.61. The van der Waals surface area contributed by atoms with Crippen molar-refractivity contribution in [2.24, 2.45) is 11.3 Å². The molecule has 1 rings (SSSR count). The Hall–Kier alpha value is -0.660. The monoisotopic (exact) mass is 321 g/mol. The van der Waals surface area contributed by atoms with Crippen molar-refractivity contribution in [2.45, 2.75) is 52.6 Å². The summed E-state index contributed by atoms with van der Waals surface area (Å²) >= 11 is 0. The van der Waals surface area contributed by atoms with Crippen LogP contribution >= 0.6 is 0 Å². The third kappa shape index (κ3) is 5.92. The normalized spacial score (nSPS) is 27.0. The molecule has 0 bridgehead atoms. The Labute approximate surface area is 127 Å². The Morgan fingerprint density at radius 3 is 2.43 bits per heavy atom. The van der Waals surface area contributed by atoms with Crippen LogP contribution in [0.15, 0.2) is 0 Å². The van der Waals surface area contributed by atoms with Gasteiger partial charge < -0.3 is 9.84 Å². The molecule has 1 fully saturated rings. The van der Waals surface area contributed by atoms with Gasteiger partial charge in [0.05, 0.1) is 23.9 Å². The van der Waals surface area contributed by atoms with Gasteiger partial charge in [-0.25, -0.2) is 13.1 Å². The first-order chi connectivity index (χ1) is 9.67. The largest absolute Gasteiger partial charge is 0.481 e. The molecule has 1 aliphatic rings. The average molecular weight is 321 g/mol. The van der Waals surface area contributed by atoms with Crippen LogP contribution in [0.5, 0.6) is 0 Å². The molecule has 0 aromatic heterocycles. The number of ether oxygens (including phenoxy) is 1. The lowest BCUT2D eigenvalue weighted by atomic mass is 9.71. The zero-order valence-electron chi connectivity index (χ0n) is 13.1. The van der Waals surface area contributed by atoms with Crippen LogP contribution in [0.2, 0.25) is 0 Å². The molecular formula is C14H27NO5S. The lowest BCUT2D eigenvalue weighted by molar-refractivity contribution is -0.151. The second-order valence-electron chi connectivity index (χ2n) is 6.33. The number of carbonyl (C=O) groups is 1. The highest BCUT2D eigenvalue weighted by Gasteiger charge is 2.41. The Balaban J connectivity index is 2.55. The number of hydrogen-bond donors (Lipinski definition) is 2. The first-order valence-corrected chi connectivity index (χ1v) is 9.14. The first-order valence-electron chi connectivity index (χ1n) is 7.49. The third-order valence-electron chi connectivity index (χ3n) is 4.12. The zero-order valence-corrected chi connectivity index (χ0v) is 13.9. The van der Waals surface area contributed by atoms with E-state index in [0.717, 1.165) is 12.8 Å². The Bertz CT molecular complexity index is 438. The molecule has 0 unspecified atom stereocenters. The van der Waals surface area contributed by atoms with Crippen molar-refractivity contribution in [3.63, 3.8) is 0 Å². The van der Waals surface area contributed by atoms with Crippen LogP contribution in [0.4, 0.5) is 0 Å². The van der Waals surface area contributed by atoms with Crippen LogP contribution in [-0.4, -0.2) is 44.5 Å². The van der Waals surface area contributed by atoms with E-state index in [1.54, 1.807) is 0 Å². The van der Waals surface area contributed by atoms with E-state index in [-0.39, 0.29) is 25.0 Å². The van der Waals surface area contributed by atoms with E-state index in [4.69, 9.17) is 4.74 Å². The quantitative estimate of drug-likeness (QED) is 0.708. The molecule has 6 nitrogen and oxygen atoms in total. The Morgan fingerprint density at radius 2 is 1.95 bits per heavy atom. The van der Waals surface area contributed by atoms with Crippen molar-refractivity contribution in [1.82, 2.24) is 4.72 Å². The number of hydrogen-bond acceptors (Lipinski definition) is 4. The van der Waals surface area contributed by atoms with Crippen LogP contribution in [-0.2, 0) is 19.6 Å². The van der Waals surface area contributed by atoms with E-state index in [0.29, 0.717) is 18.8 Å². The van der Waals surface area contributed by atoms with Gasteiger partial charge in [0.25, 0.3) is 0 Å². The highest BCUT2D eigenvalue weighted by Crippen LogP contribution is 2.38. The fraction of sp³-hybridized carbons (Fsp3) is 0.929. The van der Waals surface area contributed by atoms with Gasteiger partial charge in [-0.05, 0) is 45.4 Å². The summed E-state index contributed by atoms with van der Waals surface area (Å²) in [6.07, 6.45) is 2.67. The molecule has 124 valence electrons. The minimum absolute atomic E-state index is 0.0228. The van der Waals surface area contributed by atoms with E-state index in [1.807, 2.05) is 13.8 Å². The third-order valence-corrected chi connectivity index (χ3v) is 5.41. The molecule has 0 spiro atoms. The topological polar surface area (TPSA) is 92.7 Å². The fourth-order valence-corrected chi connectivity index (χ4v) is 3.45. The van der Waals surface area contributed by atoms with Gasteiger partial charge in [0.1, 0.15) is 0 Å². The Morgan fingerprint density at radius 1 is 1.38 bits per heavy atom. The van der Waals surface area contributed by atoms with Gasteiger partial charge in [-0.2, -0.15) is 0 Å². The van der Waals surface area contributed by atoms with Crippen molar-refractivity contribution in [2.75, 3.05) is 18.9 Å². The maximum atomic E-state index is 11.9. The fourth-order valence-electron chi connectivity index (χ4n) is 2.49. The van der Waals surface area contributed by atoms with Gasteiger partial charge in [0.15, 0.2) is 0 Å². The van der Waals surface area contributed by atoms with E-state index in [2.05, 4.69) is 11.6 Å². The van der Waals surface area contributed by atoms with E-state index in [9.17, 15) is 18.3 Å². The van der Waals surface area contributed by atoms with Crippen molar-refractivity contribution in [3.8, 4) is 0 Å². The summed E-state index contributed by atoms with van der Waals surface area (Å²) in [6, 6.07) is 0. The van der Waals surface area contributed by atoms with Crippen LogP contribution in [0.1, 0.15) is 46.5 Å². The molecule has 21 heavy (non-hydrogen) atoms. The summed E-state index contributed by atoms with van der Waals surface area (Å²) in [5.74, 6) is -0.541. The lowest BCUT2D eigenvalue weighted by Gasteiger charge is -2.35. The van der Waals surface area contributed by atoms with Crippen LogP contribution in [0.25, 0.3) is 0 Å². The van der Waals surface area contributed by atoms with E-state index >= 15 is 0 Å². The van der Waals surface area contributed by atoms with Crippen molar-refractivity contribution >= 4 is 16.0 Å². The number of aliphatic carboxylic acids is 1.